The van der Waals surface area contributed by atoms with Crippen molar-refractivity contribution in [3.8, 4) is 11.8 Å². The summed E-state index contributed by atoms with van der Waals surface area (Å²) in [6.45, 7) is 0. The van der Waals surface area contributed by atoms with Crippen molar-refractivity contribution in [2.75, 3.05) is 0 Å². The minimum atomic E-state index is -0.506. The van der Waals surface area contributed by atoms with E-state index < -0.39 is 22.9 Å². The zero-order chi connectivity index (χ0) is 12.0. The van der Waals surface area contributed by atoms with Crippen molar-refractivity contribution in [3.63, 3.8) is 0 Å². The summed E-state index contributed by atoms with van der Waals surface area (Å²) in [5.74, 6) is -1.01. The molecule has 1 radical (unpaired) electrons. The molecule has 121 valence electrons. The van der Waals surface area contributed by atoms with E-state index in [0.29, 0.717) is 0 Å². The van der Waals surface area contributed by atoms with Crippen molar-refractivity contribution in [3.05, 3.63) is 45.5 Å². The van der Waals surface area contributed by atoms with Crippen LogP contribution in [-0.2, 0) is 39.0 Å². The molecule has 0 unspecified atom stereocenters. The van der Waals surface area contributed by atoms with Gasteiger partial charge in [0.2, 0.25) is 11.1 Å². The summed E-state index contributed by atoms with van der Waals surface area (Å²) in [5, 5.41) is 20.3. The van der Waals surface area contributed by atoms with Crippen LogP contribution in [0.2, 0.25) is 0 Å². The molecule has 0 saturated carbocycles. The van der Waals surface area contributed by atoms with Gasteiger partial charge < -0.3 is 42.1 Å². The molecule has 0 amide bonds. The predicted octanol–water partition coefficient (Wildman–Crippen LogP) is -6.00. The van der Waals surface area contributed by atoms with Crippen LogP contribution in [0.3, 0.4) is 0 Å². The van der Waals surface area contributed by atoms with Crippen LogP contribution in [-0.4, -0.2) is 19.9 Å². The molecule has 0 aliphatic carbocycles. The van der Waals surface area contributed by atoms with E-state index in [1.807, 2.05) is 0 Å². The fourth-order valence-corrected chi connectivity index (χ4v) is 0.701. The first-order chi connectivity index (χ1) is 7.58. The minimum absolute atomic E-state index is 0. The van der Waals surface area contributed by atoms with Gasteiger partial charge in [-0.25, -0.2) is 0 Å². The van der Waals surface area contributed by atoms with E-state index in [4.69, 9.17) is 0 Å². The molecule has 0 aromatic carbocycles. The number of H-pyrrole nitrogens is 2. The second kappa shape index (κ2) is 15.8. The second-order valence-corrected chi connectivity index (χ2v) is 2.50. The number of nitrogens with one attached hydrogen (secondary N) is 2. The van der Waals surface area contributed by atoms with Crippen LogP contribution in [0.5, 0.6) is 11.8 Å². The van der Waals surface area contributed by atoms with Gasteiger partial charge in [0.1, 0.15) is 0 Å². The Morgan fingerprint density at radius 2 is 1.05 bits per heavy atom. The van der Waals surface area contributed by atoms with Gasteiger partial charge >= 0.3 is 17.1 Å². The molecule has 0 saturated heterocycles. The van der Waals surface area contributed by atoms with E-state index >= 15 is 0 Å². The van der Waals surface area contributed by atoms with E-state index in [2.05, 4.69) is 19.9 Å². The van der Waals surface area contributed by atoms with Crippen LogP contribution in [0, 0.1) is 0 Å². The molecule has 2 rings (SSSR count). The van der Waals surface area contributed by atoms with E-state index in [1.54, 1.807) is 0 Å². The first-order valence-electron chi connectivity index (χ1n) is 4.01. The summed E-state index contributed by atoms with van der Waals surface area (Å²) < 4.78 is 0. The number of hydrogen-bond acceptors (Lipinski definition) is 6. The largest absolute Gasteiger partial charge is 2.00 e. The van der Waals surface area contributed by atoms with Crippen molar-refractivity contribution in [1.29, 1.82) is 0 Å². The maximum atomic E-state index is 10.2. The van der Waals surface area contributed by atoms with Gasteiger partial charge in [-0.15, -0.1) is 0 Å². The molecule has 0 bridgehead atoms. The maximum Gasteiger partial charge on any atom is 2.00 e. The Morgan fingerprint density at radius 1 is 0.762 bits per heavy atom. The van der Waals surface area contributed by atoms with Gasteiger partial charge in [0.15, 0.2) is 0 Å². The summed E-state index contributed by atoms with van der Waals surface area (Å²) >= 11 is 0. The Kier molecular flexibility index (Phi) is 23.5. The number of rotatable bonds is 0. The molecular formula is C8H18MnN4O8+4. The van der Waals surface area contributed by atoms with Crippen LogP contribution < -0.4 is 21.3 Å². The number of nitrogens with zero attached hydrogens (tertiary/aromatic N) is 2. The first kappa shape index (κ1) is 31.2. The zero-order valence-electron chi connectivity index (χ0n) is 10.5. The summed E-state index contributed by atoms with van der Waals surface area (Å²) in [7, 11) is 0. The van der Waals surface area contributed by atoms with E-state index in [1.165, 1.54) is 0 Å². The molecule has 0 fully saturated rings. The van der Waals surface area contributed by atoms with Gasteiger partial charge in [-0.05, 0) is 11.8 Å². The van der Waals surface area contributed by atoms with Crippen molar-refractivity contribution in [2.24, 2.45) is 0 Å². The molecule has 0 atom stereocenters. The Morgan fingerprint density at radius 3 is 1.19 bits per heavy atom. The average molecular weight is 353 g/mol. The molecule has 14 N–H and O–H groups in total. The SMILES string of the molecule is O=c1cc([O-])nc[nH]1.O=c1cc([O-])nc[nH]1.[Mn+2].[OH3+].[OH3+].[OH3+].[OH3+]. The summed E-state index contributed by atoms with van der Waals surface area (Å²) in [4.78, 5) is 31.3. The van der Waals surface area contributed by atoms with Crippen LogP contribution >= 0.6 is 0 Å². The third kappa shape index (κ3) is 13.9. The van der Waals surface area contributed by atoms with Crippen LogP contribution in [0.15, 0.2) is 34.4 Å². The smallest absolute Gasteiger partial charge is 0.858 e. The normalized spacial score (nSPS) is 6.86. The Labute approximate surface area is 127 Å². The molecule has 2 heterocycles. The molecule has 21 heavy (non-hydrogen) atoms. The number of hydrogen-bond donors (Lipinski definition) is 2. The van der Waals surface area contributed by atoms with E-state index in [-0.39, 0.29) is 39.0 Å². The van der Waals surface area contributed by atoms with Gasteiger partial charge in [0, 0.05) is 12.1 Å². The van der Waals surface area contributed by atoms with Crippen molar-refractivity contribution in [1.82, 2.24) is 19.9 Å². The molecule has 2 aromatic heterocycles. The minimum Gasteiger partial charge on any atom is -0.858 e. The standard InChI is InChI=1S/2C4H4N2O2.Mn.4H2O/c2*7-3-1-4(8)6-2-5-3;;;;;/h2*1-2H,(H2,5,6,7,8);;4*1H2/q;;+2;;;;/p+2. The molecule has 0 spiro atoms. The monoisotopic (exact) mass is 353 g/mol. The van der Waals surface area contributed by atoms with Crippen LogP contribution in [0.25, 0.3) is 0 Å². The van der Waals surface area contributed by atoms with Gasteiger partial charge in [-0.1, -0.05) is 0 Å². The van der Waals surface area contributed by atoms with Crippen LogP contribution in [0.4, 0.5) is 0 Å². The summed E-state index contributed by atoms with van der Waals surface area (Å²) in [5.41, 5.74) is -0.824. The molecular weight excluding hydrogens is 335 g/mol. The van der Waals surface area contributed by atoms with Crippen molar-refractivity contribution in [2.45, 2.75) is 0 Å². The molecule has 2 aromatic rings. The second-order valence-electron chi connectivity index (χ2n) is 2.50. The Hall–Kier alpha value is -2.28. The first-order valence-corrected chi connectivity index (χ1v) is 4.01. The summed E-state index contributed by atoms with van der Waals surface area (Å²) in [6.07, 6.45) is 2.15. The zero-order valence-corrected chi connectivity index (χ0v) is 11.7. The molecule has 0 aliphatic rings. The number of aromatic amines is 2. The summed E-state index contributed by atoms with van der Waals surface area (Å²) in [6, 6.07) is 1.78. The van der Waals surface area contributed by atoms with E-state index in [9.17, 15) is 19.8 Å². The Bertz CT molecular complexity index is 523. The van der Waals surface area contributed by atoms with Gasteiger partial charge in [-0.3, -0.25) is 19.6 Å². The van der Waals surface area contributed by atoms with Gasteiger partial charge in [-0.2, -0.15) is 0 Å². The fourth-order valence-electron chi connectivity index (χ4n) is 0.701. The van der Waals surface area contributed by atoms with Crippen molar-refractivity contribution >= 4 is 0 Å². The molecule has 12 nitrogen and oxygen atoms in total. The van der Waals surface area contributed by atoms with Gasteiger partial charge in [0.25, 0.3) is 0 Å². The topological polar surface area (TPSA) is 270 Å². The van der Waals surface area contributed by atoms with Crippen LogP contribution in [0.1, 0.15) is 0 Å². The van der Waals surface area contributed by atoms with E-state index in [0.717, 1.165) is 24.8 Å². The van der Waals surface area contributed by atoms with Crippen molar-refractivity contribution < 1.29 is 49.2 Å². The Balaban J connectivity index is -0.0000000656. The third-order valence-electron chi connectivity index (χ3n) is 1.31. The average Bonchev–Trinajstić information content (AvgIpc) is 2.17. The maximum absolute atomic E-state index is 10.2. The predicted molar refractivity (Wildman–Crippen MR) is 68.1 cm³/mol. The van der Waals surface area contributed by atoms with Gasteiger partial charge in [0.05, 0.1) is 12.7 Å². The third-order valence-corrected chi connectivity index (χ3v) is 1.31. The quantitative estimate of drug-likeness (QED) is 0.343. The fraction of sp³-hybridized carbons (Fsp3) is 0. The molecule has 13 heteroatoms. The number of aromatic nitrogens is 4. The molecule has 0 aliphatic heterocycles.